The van der Waals surface area contributed by atoms with Crippen molar-refractivity contribution in [2.45, 2.75) is 26.5 Å². The van der Waals surface area contributed by atoms with Gasteiger partial charge in [0.25, 0.3) is 0 Å². The average molecular weight is 230 g/mol. The first-order chi connectivity index (χ1) is 6.63. The Balaban J connectivity index is 2.31. The van der Waals surface area contributed by atoms with Crippen LogP contribution in [0.3, 0.4) is 0 Å². The molecule has 1 atom stereocenters. The summed E-state index contributed by atoms with van der Waals surface area (Å²) in [4.78, 5) is 5.84. The Labute approximate surface area is 94.3 Å². The van der Waals surface area contributed by atoms with Gasteiger partial charge in [0.1, 0.15) is 5.01 Å². The van der Waals surface area contributed by atoms with E-state index in [1.807, 2.05) is 23.1 Å². The molecular weight excluding hydrogens is 212 g/mol. The molecule has 0 radical (unpaired) electrons. The third-order valence-corrected chi connectivity index (χ3v) is 4.64. The smallest absolute Gasteiger partial charge is 0.103 e. The van der Waals surface area contributed by atoms with Gasteiger partial charge in [0.05, 0.1) is 5.69 Å². The van der Waals surface area contributed by atoms with Gasteiger partial charge in [-0.1, -0.05) is 6.92 Å². The summed E-state index contributed by atoms with van der Waals surface area (Å²) >= 11 is 3.74. The Morgan fingerprint density at radius 2 is 2.21 bits per heavy atom. The third kappa shape index (κ3) is 3.59. The molecule has 14 heavy (non-hydrogen) atoms. The van der Waals surface area contributed by atoms with E-state index < -0.39 is 0 Å². The molecule has 1 rings (SSSR count). The van der Waals surface area contributed by atoms with E-state index in [1.54, 1.807) is 0 Å². The Bertz CT molecular complexity index is 264. The molecule has 0 saturated carbocycles. The lowest BCUT2D eigenvalue weighted by Crippen LogP contribution is -2.12. The first-order valence-electron chi connectivity index (χ1n) is 4.84. The fraction of sp³-hybridized carbons (Fsp3) is 0.700. The molecule has 0 bridgehead atoms. The lowest BCUT2D eigenvalue weighted by Gasteiger charge is -2.05. The van der Waals surface area contributed by atoms with Crippen LogP contribution in [0, 0.1) is 19.8 Å². The maximum atomic E-state index is 5.55. The molecular formula is C10H18N2S2. The molecule has 0 aliphatic heterocycles. The molecule has 0 aromatic carbocycles. The topological polar surface area (TPSA) is 38.9 Å². The number of hydrogen-bond donors (Lipinski definition) is 1. The number of thioether (sulfide) groups is 1. The molecule has 0 fully saturated rings. The van der Waals surface area contributed by atoms with E-state index >= 15 is 0 Å². The highest BCUT2D eigenvalue weighted by atomic mass is 32.2. The summed E-state index contributed by atoms with van der Waals surface area (Å²) < 4.78 is 0. The van der Waals surface area contributed by atoms with Crippen molar-refractivity contribution in [3.63, 3.8) is 0 Å². The molecule has 0 saturated heterocycles. The third-order valence-electron chi connectivity index (χ3n) is 2.10. The van der Waals surface area contributed by atoms with Gasteiger partial charge >= 0.3 is 0 Å². The van der Waals surface area contributed by atoms with Gasteiger partial charge in [-0.25, -0.2) is 4.98 Å². The predicted octanol–water partition coefficient (Wildman–Crippen LogP) is 2.59. The molecule has 4 heteroatoms. The van der Waals surface area contributed by atoms with Crippen LogP contribution in [0.2, 0.25) is 0 Å². The normalized spacial score (nSPS) is 13.1. The van der Waals surface area contributed by atoms with E-state index in [1.165, 1.54) is 15.6 Å². The number of rotatable bonds is 5. The maximum Gasteiger partial charge on any atom is 0.103 e. The number of aryl methyl sites for hydroxylation is 2. The second-order valence-corrected chi connectivity index (χ2v) is 5.92. The number of thiazole rings is 1. The molecule has 0 amide bonds. The molecule has 1 unspecified atom stereocenters. The van der Waals surface area contributed by atoms with Crippen molar-refractivity contribution >= 4 is 23.1 Å². The predicted molar refractivity (Wildman–Crippen MR) is 66.0 cm³/mol. The van der Waals surface area contributed by atoms with Gasteiger partial charge in [0, 0.05) is 10.6 Å². The van der Waals surface area contributed by atoms with Crippen LogP contribution in [-0.2, 0) is 5.75 Å². The van der Waals surface area contributed by atoms with E-state index in [9.17, 15) is 0 Å². The second kappa shape index (κ2) is 5.73. The molecule has 80 valence electrons. The minimum Gasteiger partial charge on any atom is -0.330 e. The van der Waals surface area contributed by atoms with Crippen molar-refractivity contribution in [1.29, 1.82) is 0 Å². The van der Waals surface area contributed by atoms with Crippen molar-refractivity contribution in [3.05, 3.63) is 15.6 Å². The minimum absolute atomic E-state index is 0.613. The molecule has 2 nitrogen and oxygen atoms in total. The van der Waals surface area contributed by atoms with Gasteiger partial charge in [0.15, 0.2) is 0 Å². The van der Waals surface area contributed by atoms with E-state index in [2.05, 4.69) is 25.8 Å². The van der Waals surface area contributed by atoms with Gasteiger partial charge < -0.3 is 5.73 Å². The summed E-state index contributed by atoms with van der Waals surface area (Å²) in [7, 11) is 0. The maximum absolute atomic E-state index is 5.55. The second-order valence-electron chi connectivity index (χ2n) is 3.61. The van der Waals surface area contributed by atoms with Crippen LogP contribution in [-0.4, -0.2) is 17.3 Å². The van der Waals surface area contributed by atoms with E-state index in [-0.39, 0.29) is 0 Å². The van der Waals surface area contributed by atoms with Gasteiger partial charge in [-0.05, 0) is 32.1 Å². The first-order valence-corrected chi connectivity index (χ1v) is 6.81. The van der Waals surface area contributed by atoms with E-state index in [0.717, 1.165) is 18.1 Å². The molecule has 1 aromatic rings. The summed E-state index contributed by atoms with van der Waals surface area (Å²) in [6.07, 6.45) is 0. The molecule has 0 aliphatic rings. The summed E-state index contributed by atoms with van der Waals surface area (Å²) in [6.45, 7) is 7.17. The van der Waals surface area contributed by atoms with Crippen molar-refractivity contribution in [2.75, 3.05) is 12.3 Å². The molecule has 1 heterocycles. The highest BCUT2D eigenvalue weighted by Gasteiger charge is 2.04. The quantitative estimate of drug-likeness (QED) is 0.845. The zero-order chi connectivity index (χ0) is 10.6. The van der Waals surface area contributed by atoms with Crippen LogP contribution in [0.5, 0.6) is 0 Å². The Morgan fingerprint density at radius 1 is 1.50 bits per heavy atom. The standard InChI is InChI=1S/C10H18N2S2/c1-7(4-11)5-13-6-10-12-8(2)9(3)14-10/h7H,4-6,11H2,1-3H3. The van der Waals surface area contributed by atoms with Gasteiger partial charge in [-0.2, -0.15) is 11.8 Å². The number of hydrogen-bond acceptors (Lipinski definition) is 4. The van der Waals surface area contributed by atoms with Gasteiger partial charge in [-0.15, -0.1) is 11.3 Å². The number of nitrogens with zero attached hydrogens (tertiary/aromatic N) is 1. The summed E-state index contributed by atoms with van der Waals surface area (Å²) in [5.74, 6) is 2.78. The zero-order valence-corrected chi connectivity index (χ0v) is 10.7. The monoisotopic (exact) mass is 230 g/mol. The van der Waals surface area contributed by atoms with Crippen LogP contribution in [0.15, 0.2) is 0 Å². The highest BCUT2D eigenvalue weighted by molar-refractivity contribution is 7.98. The van der Waals surface area contributed by atoms with E-state index in [4.69, 9.17) is 5.73 Å². The molecule has 2 N–H and O–H groups in total. The average Bonchev–Trinajstić information content (AvgIpc) is 2.46. The fourth-order valence-electron chi connectivity index (χ4n) is 1.02. The zero-order valence-electron chi connectivity index (χ0n) is 9.04. The van der Waals surface area contributed by atoms with Crippen molar-refractivity contribution in [2.24, 2.45) is 11.7 Å². The number of nitrogens with two attached hydrogens (primary N) is 1. The first kappa shape index (κ1) is 12.0. The minimum atomic E-state index is 0.613. The SMILES string of the molecule is Cc1nc(CSCC(C)CN)sc1C. The summed E-state index contributed by atoms with van der Waals surface area (Å²) in [5, 5.41) is 1.24. The Kier molecular flexibility index (Phi) is 4.92. The molecule has 0 aliphatic carbocycles. The van der Waals surface area contributed by atoms with Gasteiger partial charge in [-0.3, -0.25) is 0 Å². The van der Waals surface area contributed by atoms with Crippen LogP contribution >= 0.6 is 23.1 Å². The fourth-order valence-corrected chi connectivity index (χ4v) is 3.13. The Hall–Kier alpha value is -0.0600. The van der Waals surface area contributed by atoms with Crippen LogP contribution < -0.4 is 5.73 Å². The highest BCUT2D eigenvalue weighted by Crippen LogP contribution is 2.22. The largest absolute Gasteiger partial charge is 0.330 e. The lowest BCUT2D eigenvalue weighted by atomic mass is 10.2. The number of aromatic nitrogens is 1. The summed E-state index contributed by atoms with van der Waals surface area (Å²) in [6, 6.07) is 0. The summed E-state index contributed by atoms with van der Waals surface area (Å²) in [5.41, 5.74) is 6.73. The van der Waals surface area contributed by atoms with Gasteiger partial charge in [0.2, 0.25) is 0 Å². The molecule has 1 aromatic heterocycles. The Morgan fingerprint density at radius 3 is 2.71 bits per heavy atom. The van der Waals surface area contributed by atoms with Crippen LogP contribution in [0.1, 0.15) is 22.5 Å². The van der Waals surface area contributed by atoms with E-state index in [0.29, 0.717) is 5.92 Å². The van der Waals surface area contributed by atoms with Crippen molar-refractivity contribution in [3.8, 4) is 0 Å². The molecule has 0 spiro atoms. The van der Waals surface area contributed by atoms with Crippen molar-refractivity contribution in [1.82, 2.24) is 4.98 Å². The van der Waals surface area contributed by atoms with Crippen LogP contribution in [0.25, 0.3) is 0 Å². The van der Waals surface area contributed by atoms with Crippen molar-refractivity contribution < 1.29 is 0 Å². The van der Waals surface area contributed by atoms with Crippen LogP contribution in [0.4, 0.5) is 0 Å². The lowest BCUT2D eigenvalue weighted by molar-refractivity contribution is 0.675.